The minimum Gasteiger partial charge on any atom is -0.379 e. The van der Waals surface area contributed by atoms with E-state index in [1.165, 1.54) is 6.07 Å². The Labute approximate surface area is 104 Å². The second kappa shape index (κ2) is 5.16. The summed E-state index contributed by atoms with van der Waals surface area (Å²) < 4.78 is 27.8. The Hall–Kier alpha value is -1.91. The first-order valence-electron chi connectivity index (χ1n) is 5.77. The number of anilines is 1. The molecule has 96 valence electrons. The Balaban J connectivity index is 2.07. The van der Waals surface area contributed by atoms with Crippen molar-refractivity contribution in [3.8, 4) is 0 Å². The predicted octanol–water partition coefficient (Wildman–Crippen LogP) is 3.35. The van der Waals surface area contributed by atoms with Gasteiger partial charge in [0.1, 0.15) is 0 Å². The molecule has 1 aromatic carbocycles. The molecule has 0 saturated carbocycles. The summed E-state index contributed by atoms with van der Waals surface area (Å²) in [7, 11) is 0. The van der Waals surface area contributed by atoms with Gasteiger partial charge in [0.25, 0.3) is 0 Å². The van der Waals surface area contributed by atoms with E-state index in [0.717, 1.165) is 17.8 Å². The quantitative estimate of drug-likeness (QED) is 0.903. The lowest BCUT2D eigenvalue weighted by Gasteiger charge is -2.13. The Kier molecular flexibility index (Phi) is 3.60. The summed E-state index contributed by atoms with van der Waals surface area (Å²) in [6, 6.07) is 4.08. The largest absolute Gasteiger partial charge is 0.379 e. The number of benzene rings is 1. The number of halogens is 2. The molecule has 0 atom stereocenters. The van der Waals surface area contributed by atoms with Crippen LogP contribution in [-0.4, -0.2) is 9.55 Å². The smallest absolute Gasteiger partial charge is 0.160 e. The molecule has 0 amide bonds. The van der Waals surface area contributed by atoms with Gasteiger partial charge in [0, 0.05) is 24.0 Å². The van der Waals surface area contributed by atoms with E-state index in [2.05, 4.69) is 24.1 Å². The molecule has 1 aromatic heterocycles. The maximum Gasteiger partial charge on any atom is 0.160 e. The van der Waals surface area contributed by atoms with Gasteiger partial charge >= 0.3 is 0 Å². The number of hydrogen-bond donors (Lipinski definition) is 1. The van der Waals surface area contributed by atoms with Gasteiger partial charge in [-0.1, -0.05) is 0 Å². The Morgan fingerprint density at radius 2 is 2.06 bits per heavy atom. The summed E-state index contributed by atoms with van der Waals surface area (Å²) in [6.07, 6.45) is 3.51. The van der Waals surface area contributed by atoms with Gasteiger partial charge in [0.2, 0.25) is 0 Å². The van der Waals surface area contributed by atoms with Gasteiger partial charge in [0.15, 0.2) is 11.6 Å². The van der Waals surface area contributed by atoms with Crippen molar-refractivity contribution < 1.29 is 8.78 Å². The van der Waals surface area contributed by atoms with Crippen LogP contribution in [0.25, 0.3) is 0 Å². The average Bonchev–Trinajstić information content (AvgIpc) is 2.79. The van der Waals surface area contributed by atoms with E-state index in [9.17, 15) is 8.78 Å². The van der Waals surface area contributed by atoms with Gasteiger partial charge in [-0.2, -0.15) is 0 Å². The highest BCUT2D eigenvalue weighted by molar-refractivity contribution is 5.43. The minimum absolute atomic E-state index is 0.314. The van der Waals surface area contributed by atoms with Crippen molar-refractivity contribution >= 4 is 5.69 Å². The fraction of sp³-hybridized carbons (Fsp3) is 0.308. The normalized spacial score (nSPS) is 10.9. The first-order chi connectivity index (χ1) is 8.58. The van der Waals surface area contributed by atoms with Gasteiger partial charge in [-0.05, 0) is 26.0 Å². The van der Waals surface area contributed by atoms with E-state index in [4.69, 9.17) is 0 Å². The molecule has 2 rings (SSSR count). The molecular formula is C13H15F2N3. The molecule has 1 N–H and O–H groups in total. The van der Waals surface area contributed by atoms with Crippen LogP contribution in [0.5, 0.6) is 0 Å². The summed E-state index contributed by atoms with van der Waals surface area (Å²) in [6.45, 7) is 4.63. The van der Waals surface area contributed by atoms with Gasteiger partial charge in [0.05, 0.1) is 18.6 Å². The fourth-order valence-corrected chi connectivity index (χ4v) is 1.73. The van der Waals surface area contributed by atoms with Crippen molar-refractivity contribution in [1.82, 2.24) is 9.55 Å². The summed E-state index contributed by atoms with van der Waals surface area (Å²) >= 11 is 0. The Morgan fingerprint density at radius 3 is 2.72 bits per heavy atom. The van der Waals surface area contributed by atoms with Crippen molar-refractivity contribution in [3.63, 3.8) is 0 Å². The molecule has 0 saturated heterocycles. The van der Waals surface area contributed by atoms with Gasteiger partial charge in [-0.25, -0.2) is 13.8 Å². The molecule has 18 heavy (non-hydrogen) atoms. The van der Waals surface area contributed by atoms with Crippen LogP contribution in [-0.2, 0) is 6.54 Å². The number of nitrogens with one attached hydrogen (secondary N) is 1. The van der Waals surface area contributed by atoms with Crippen LogP contribution in [0.1, 0.15) is 25.6 Å². The number of hydrogen-bond acceptors (Lipinski definition) is 2. The molecule has 1 heterocycles. The molecule has 0 spiro atoms. The predicted molar refractivity (Wildman–Crippen MR) is 66.3 cm³/mol. The topological polar surface area (TPSA) is 29.9 Å². The van der Waals surface area contributed by atoms with E-state index in [1.807, 2.05) is 4.57 Å². The summed E-state index contributed by atoms with van der Waals surface area (Å²) in [5.41, 5.74) is 1.54. The van der Waals surface area contributed by atoms with Crippen LogP contribution >= 0.6 is 0 Å². The van der Waals surface area contributed by atoms with Crippen molar-refractivity contribution in [3.05, 3.63) is 48.1 Å². The van der Waals surface area contributed by atoms with Crippen molar-refractivity contribution in [2.75, 3.05) is 5.32 Å². The summed E-state index contributed by atoms with van der Waals surface area (Å²) in [5.74, 6) is -1.69. The molecule has 0 aliphatic rings. The van der Waals surface area contributed by atoms with Gasteiger partial charge < -0.3 is 9.88 Å². The van der Waals surface area contributed by atoms with Crippen molar-refractivity contribution in [1.29, 1.82) is 0 Å². The van der Waals surface area contributed by atoms with E-state index in [1.54, 1.807) is 12.5 Å². The standard InChI is InChI=1S/C13H15F2N3/c1-9(2)18-8-16-6-11(18)7-17-10-3-4-12(14)13(15)5-10/h3-6,8-9,17H,7H2,1-2H3. The minimum atomic E-state index is -0.850. The Morgan fingerprint density at radius 1 is 1.28 bits per heavy atom. The highest BCUT2D eigenvalue weighted by atomic mass is 19.2. The van der Waals surface area contributed by atoms with Crippen LogP contribution < -0.4 is 5.32 Å². The van der Waals surface area contributed by atoms with Crippen LogP contribution in [0.3, 0.4) is 0 Å². The number of imidazole rings is 1. The average molecular weight is 251 g/mol. The maximum absolute atomic E-state index is 13.0. The highest BCUT2D eigenvalue weighted by Crippen LogP contribution is 2.15. The third kappa shape index (κ3) is 2.67. The van der Waals surface area contributed by atoms with Gasteiger partial charge in [-0.15, -0.1) is 0 Å². The highest BCUT2D eigenvalue weighted by Gasteiger charge is 2.06. The lowest BCUT2D eigenvalue weighted by Crippen LogP contribution is -2.09. The number of nitrogens with zero attached hydrogens (tertiary/aromatic N) is 2. The molecule has 0 aliphatic carbocycles. The zero-order chi connectivity index (χ0) is 13.1. The second-order valence-corrected chi connectivity index (χ2v) is 4.37. The van der Waals surface area contributed by atoms with E-state index >= 15 is 0 Å². The second-order valence-electron chi connectivity index (χ2n) is 4.37. The zero-order valence-corrected chi connectivity index (χ0v) is 10.3. The molecule has 5 heteroatoms. The van der Waals surface area contributed by atoms with Crippen LogP contribution in [0.4, 0.5) is 14.5 Å². The third-order valence-corrected chi connectivity index (χ3v) is 2.70. The molecule has 3 nitrogen and oxygen atoms in total. The van der Waals surface area contributed by atoms with E-state index in [-0.39, 0.29) is 0 Å². The van der Waals surface area contributed by atoms with E-state index < -0.39 is 11.6 Å². The van der Waals surface area contributed by atoms with Crippen LogP contribution in [0.2, 0.25) is 0 Å². The molecule has 2 aromatic rings. The van der Waals surface area contributed by atoms with Gasteiger partial charge in [-0.3, -0.25) is 0 Å². The lowest BCUT2D eigenvalue weighted by molar-refractivity contribution is 0.509. The first-order valence-corrected chi connectivity index (χ1v) is 5.77. The van der Waals surface area contributed by atoms with Crippen molar-refractivity contribution in [2.45, 2.75) is 26.4 Å². The molecule has 0 radical (unpaired) electrons. The number of aromatic nitrogens is 2. The first kappa shape index (κ1) is 12.5. The maximum atomic E-state index is 13.0. The summed E-state index contributed by atoms with van der Waals surface area (Å²) in [5, 5.41) is 3.04. The molecule has 0 bridgehead atoms. The fourth-order valence-electron chi connectivity index (χ4n) is 1.73. The zero-order valence-electron chi connectivity index (χ0n) is 10.3. The van der Waals surface area contributed by atoms with Crippen LogP contribution in [0, 0.1) is 11.6 Å². The third-order valence-electron chi connectivity index (χ3n) is 2.70. The molecular weight excluding hydrogens is 236 g/mol. The van der Waals surface area contributed by atoms with Crippen LogP contribution in [0.15, 0.2) is 30.7 Å². The number of rotatable bonds is 4. The molecule has 0 unspecified atom stereocenters. The monoisotopic (exact) mass is 251 g/mol. The summed E-state index contributed by atoms with van der Waals surface area (Å²) in [4.78, 5) is 4.08. The lowest BCUT2D eigenvalue weighted by atomic mass is 10.3. The van der Waals surface area contributed by atoms with E-state index in [0.29, 0.717) is 18.3 Å². The SMILES string of the molecule is CC(C)n1cncc1CNc1ccc(F)c(F)c1. The Bertz CT molecular complexity index is 535. The molecule has 0 fully saturated rings. The molecule has 0 aliphatic heterocycles. The van der Waals surface area contributed by atoms with Crippen molar-refractivity contribution in [2.24, 2.45) is 0 Å².